The summed E-state index contributed by atoms with van der Waals surface area (Å²) >= 11 is 0. The van der Waals surface area contributed by atoms with E-state index in [4.69, 9.17) is 4.74 Å². The first-order valence-corrected chi connectivity index (χ1v) is 8.13. The Labute approximate surface area is 141 Å². The topological polar surface area (TPSA) is 62.7 Å². The van der Waals surface area contributed by atoms with Gasteiger partial charge in [-0.1, -0.05) is 24.3 Å². The highest BCUT2D eigenvalue weighted by Gasteiger charge is 2.41. The zero-order valence-corrected chi connectivity index (χ0v) is 14.0. The second kappa shape index (κ2) is 6.61. The third kappa shape index (κ3) is 3.57. The number of hydrogen-bond donors (Lipinski definition) is 1. The summed E-state index contributed by atoms with van der Waals surface area (Å²) in [6.45, 7) is 4.43. The molecule has 1 amide bonds. The van der Waals surface area contributed by atoms with Crippen LogP contribution in [0.25, 0.3) is 0 Å². The molecule has 1 fully saturated rings. The molecule has 2 aromatic rings. The molecule has 3 rings (SSSR count). The molecule has 1 aliphatic heterocycles. The number of aromatic nitrogens is 1. The number of carbonyl (C=O) groups excluding carboxylic acids is 1. The van der Waals surface area contributed by atoms with Crippen molar-refractivity contribution >= 4 is 5.91 Å². The van der Waals surface area contributed by atoms with Crippen molar-refractivity contribution in [3.8, 4) is 5.75 Å². The van der Waals surface area contributed by atoms with E-state index in [2.05, 4.69) is 4.98 Å². The van der Waals surface area contributed by atoms with Gasteiger partial charge < -0.3 is 14.7 Å². The molecule has 2 atom stereocenters. The predicted molar refractivity (Wildman–Crippen MR) is 91.0 cm³/mol. The molecule has 1 aromatic heterocycles. The summed E-state index contributed by atoms with van der Waals surface area (Å²) in [4.78, 5) is 18.7. The number of aliphatic hydroxyl groups is 1. The predicted octanol–water partition coefficient (Wildman–Crippen LogP) is 2.43. The van der Waals surface area contributed by atoms with Crippen molar-refractivity contribution in [3.05, 3.63) is 59.9 Å². The average molecular weight is 326 g/mol. The third-order valence-electron chi connectivity index (χ3n) is 4.38. The Morgan fingerprint density at radius 3 is 2.71 bits per heavy atom. The highest BCUT2D eigenvalue weighted by atomic mass is 16.5. The molecule has 0 unspecified atom stereocenters. The Morgan fingerprint density at radius 2 is 2.00 bits per heavy atom. The zero-order chi connectivity index (χ0) is 17.2. The normalized spacial score (nSPS) is 23.8. The molecule has 24 heavy (non-hydrogen) atoms. The Kier molecular flexibility index (Phi) is 4.53. The van der Waals surface area contributed by atoms with Gasteiger partial charge in [0.1, 0.15) is 23.1 Å². The number of piperidine rings is 1. The maximum Gasteiger partial charge on any atom is 0.272 e. The number of amides is 1. The Hall–Kier alpha value is -2.40. The lowest BCUT2D eigenvalue weighted by Gasteiger charge is -2.42. The van der Waals surface area contributed by atoms with Crippen LogP contribution in [-0.2, 0) is 0 Å². The smallest absolute Gasteiger partial charge is 0.272 e. The number of hydrogen-bond acceptors (Lipinski definition) is 4. The highest BCUT2D eigenvalue weighted by molar-refractivity contribution is 5.92. The summed E-state index contributed by atoms with van der Waals surface area (Å²) in [5, 5.41) is 10.6. The van der Waals surface area contributed by atoms with E-state index in [-0.39, 0.29) is 5.91 Å². The summed E-state index contributed by atoms with van der Waals surface area (Å²) in [6, 6.07) is 14.8. The van der Waals surface area contributed by atoms with Crippen LogP contribution < -0.4 is 4.74 Å². The minimum atomic E-state index is -0.980. The fourth-order valence-electron chi connectivity index (χ4n) is 2.85. The van der Waals surface area contributed by atoms with Crippen molar-refractivity contribution in [1.29, 1.82) is 0 Å². The van der Waals surface area contributed by atoms with Crippen LogP contribution in [0.1, 0.15) is 29.5 Å². The Bertz CT molecular complexity index is 716. The van der Waals surface area contributed by atoms with Gasteiger partial charge in [-0.05, 0) is 44.5 Å². The Balaban J connectivity index is 1.76. The summed E-state index contributed by atoms with van der Waals surface area (Å²) in [5.41, 5.74) is 0.254. The van der Waals surface area contributed by atoms with Crippen molar-refractivity contribution in [2.24, 2.45) is 0 Å². The van der Waals surface area contributed by atoms with Gasteiger partial charge >= 0.3 is 0 Å². The SMILES string of the molecule is Cc1cccc(C(=O)N2CC[C@@](C)(O)[C@H](Oc3ccccc3)C2)n1. The molecular weight excluding hydrogens is 304 g/mol. The third-order valence-corrected chi connectivity index (χ3v) is 4.38. The van der Waals surface area contributed by atoms with Gasteiger partial charge in [0.05, 0.1) is 6.54 Å². The number of rotatable bonds is 3. The van der Waals surface area contributed by atoms with Crippen LogP contribution in [-0.4, -0.2) is 45.7 Å². The number of para-hydroxylation sites is 1. The van der Waals surface area contributed by atoms with Crippen molar-refractivity contribution in [2.75, 3.05) is 13.1 Å². The standard InChI is InChI=1S/C19H22N2O3/c1-14-7-6-10-16(20-14)18(22)21-12-11-19(2,23)17(13-21)24-15-8-4-3-5-9-15/h3-10,17,23H,11-13H2,1-2H3/t17-,19-/m1/s1. The van der Waals surface area contributed by atoms with Gasteiger partial charge in [0, 0.05) is 12.2 Å². The number of nitrogens with zero attached hydrogens (tertiary/aromatic N) is 2. The van der Waals surface area contributed by atoms with Gasteiger partial charge in [-0.25, -0.2) is 4.98 Å². The van der Waals surface area contributed by atoms with Crippen LogP contribution in [0, 0.1) is 6.92 Å². The molecular formula is C19H22N2O3. The molecule has 2 heterocycles. The second-order valence-corrected chi connectivity index (χ2v) is 6.44. The second-order valence-electron chi connectivity index (χ2n) is 6.44. The molecule has 1 aromatic carbocycles. The minimum Gasteiger partial charge on any atom is -0.486 e. The minimum absolute atomic E-state index is 0.129. The fraction of sp³-hybridized carbons (Fsp3) is 0.368. The molecule has 126 valence electrons. The number of benzene rings is 1. The Morgan fingerprint density at radius 1 is 1.25 bits per heavy atom. The first-order chi connectivity index (χ1) is 11.5. The van der Waals surface area contributed by atoms with Crippen LogP contribution in [0.5, 0.6) is 5.75 Å². The molecule has 0 bridgehead atoms. The van der Waals surface area contributed by atoms with E-state index in [0.29, 0.717) is 31.0 Å². The lowest BCUT2D eigenvalue weighted by atomic mass is 9.90. The molecule has 0 spiro atoms. The molecule has 1 aliphatic rings. The van der Waals surface area contributed by atoms with Crippen LogP contribution in [0.4, 0.5) is 0 Å². The number of likely N-dealkylation sites (tertiary alicyclic amines) is 1. The van der Waals surface area contributed by atoms with E-state index in [1.807, 2.05) is 49.4 Å². The van der Waals surface area contributed by atoms with E-state index in [1.54, 1.807) is 17.9 Å². The van der Waals surface area contributed by atoms with Crippen LogP contribution in [0.15, 0.2) is 48.5 Å². The van der Waals surface area contributed by atoms with Gasteiger partial charge in [-0.2, -0.15) is 0 Å². The van der Waals surface area contributed by atoms with Gasteiger partial charge in [0.25, 0.3) is 5.91 Å². The maximum absolute atomic E-state index is 12.7. The maximum atomic E-state index is 12.7. The average Bonchev–Trinajstić information content (AvgIpc) is 2.57. The molecule has 1 saturated heterocycles. The van der Waals surface area contributed by atoms with Crippen molar-refractivity contribution in [2.45, 2.75) is 32.0 Å². The summed E-state index contributed by atoms with van der Waals surface area (Å²) < 4.78 is 5.95. The number of pyridine rings is 1. The highest BCUT2D eigenvalue weighted by Crippen LogP contribution is 2.27. The molecule has 5 nitrogen and oxygen atoms in total. The van der Waals surface area contributed by atoms with E-state index >= 15 is 0 Å². The van der Waals surface area contributed by atoms with E-state index in [1.165, 1.54) is 0 Å². The largest absolute Gasteiger partial charge is 0.486 e. The van der Waals surface area contributed by atoms with Crippen LogP contribution in [0.2, 0.25) is 0 Å². The number of aryl methyl sites for hydroxylation is 1. The van der Waals surface area contributed by atoms with E-state index < -0.39 is 11.7 Å². The van der Waals surface area contributed by atoms with Gasteiger partial charge in [0.15, 0.2) is 0 Å². The summed E-state index contributed by atoms with van der Waals surface area (Å²) in [6.07, 6.45) is -0.0235. The van der Waals surface area contributed by atoms with E-state index in [0.717, 1.165) is 5.69 Å². The van der Waals surface area contributed by atoms with Crippen molar-refractivity contribution < 1.29 is 14.6 Å². The number of ether oxygens (including phenoxy) is 1. The van der Waals surface area contributed by atoms with Gasteiger partial charge in [-0.3, -0.25) is 4.79 Å². The summed E-state index contributed by atoms with van der Waals surface area (Å²) in [7, 11) is 0. The number of carbonyl (C=O) groups is 1. The zero-order valence-electron chi connectivity index (χ0n) is 14.0. The molecule has 1 N–H and O–H groups in total. The summed E-state index contributed by atoms with van der Waals surface area (Å²) in [5.74, 6) is 0.557. The van der Waals surface area contributed by atoms with Crippen molar-refractivity contribution in [3.63, 3.8) is 0 Å². The molecule has 0 aliphatic carbocycles. The molecule has 0 saturated carbocycles. The lowest BCUT2D eigenvalue weighted by Crippen LogP contribution is -2.57. The quantitative estimate of drug-likeness (QED) is 0.941. The van der Waals surface area contributed by atoms with Gasteiger partial charge in [-0.15, -0.1) is 0 Å². The van der Waals surface area contributed by atoms with E-state index in [9.17, 15) is 9.90 Å². The van der Waals surface area contributed by atoms with Crippen LogP contribution >= 0.6 is 0 Å². The first-order valence-electron chi connectivity index (χ1n) is 8.13. The van der Waals surface area contributed by atoms with Gasteiger partial charge in [0.2, 0.25) is 0 Å². The van der Waals surface area contributed by atoms with Crippen LogP contribution in [0.3, 0.4) is 0 Å². The lowest BCUT2D eigenvalue weighted by molar-refractivity contribution is -0.0882. The molecule has 0 radical (unpaired) electrons. The van der Waals surface area contributed by atoms with Crippen molar-refractivity contribution in [1.82, 2.24) is 9.88 Å². The first kappa shape index (κ1) is 16.5. The fourth-order valence-corrected chi connectivity index (χ4v) is 2.85. The molecule has 5 heteroatoms. The monoisotopic (exact) mass is 326 g/mol.